The number of rotatable bonds is 4. The first-order valence-electron chi connectivity index (χ1n) is 7.89. The highest BCUT2D eigenvalue weighted by Gasteiger charge is 2.34. The predicted molar refractivity (Wildman–Crippen MR) is 96.7 cm³/mol. The van der Waals surface area contributed by atoms with E-state index < -0.39 is 0 Å². The lowest BCUT2D eigenvalue weighted by Gasteiger charge is -2.34. The molecule has 1 atom stereocenters. The van der Waals surface area contributed by atoms with Crippen LogP contribution < -0.4 is 20.1 Å². The van der Waals surface area contributed by atoms with Crippen molar-refractivity contribution in [3.8, 4) is 11.5 Å². The summed E-state index contributed by atoms with van der Waals surface area (Å²) in [6.07, 6.45) is 2.21. The Balaban J connectivity index is 2.08. The Morgan fingerprint density at radius 1 is 1.38 bits per heavy atom. The lowest BCUT2D eigenvalue weighted by atomic mass is 9.85. The normalized spacial score (nSPS) is 20.2. The van der Waals surface area contributed by atoms with Crippen LogP contribution in [0.3, 0.4) is 0 Å². The van der Waals surface area contributed by atoms with Crippen LogP contribution in [0.15, 0.2) is 23.4 Å². The molecule has 0 bridgehead atoms. The third kappa shape index (κ3) is 3.08. The Bertz CT molecular complexity index is 733. The largest absolute Gasteiger partial charge is 0.493 e. The zero-order chi connectivity index (χ0) is 17.3. The lowest BCUT2D eigenvalue weighted by molar-refractivity contribution is -0.116. The number of allylic oxidation sites excluding steroid dienone is 1. The molecule has 1 aromatic rings. The van der Waals surface area contributed by atoms with Crippen LogP contribution in [-0.2, 0) is 4.79 Å². The summed E-state index contributed by atoms with van der Waals surface area (Å²) in [5, 5.41) is 7.25. The summed E-state index contributed by atoms with van der Waals surface area (Å²) in [6, 6.07) is 3.31. The van der Waals surface area contributed by atoms with E-state index in [9.17, 15) is 4.79 Å². The third-order valence-corrected chi connectivity index (χ3v) is 4.66. The van der Waals surface area contributed by atoms with Crippen LogP contribution in [-0.4, -0.2) is 24.6 Å². The first-order valence-corrected chi connectivity index (χ1v) is 8.67. The van der Waals surface area contributed by atoms with Crippen LogP contribution in [0.1, 0.15) is 37.8 Å². The van der Waals surface area contributed by atoms with E-state index in [1.807, 2.05) is 13.0 Å². The minimum absolute atomic E-state index is 0.132. The molecular formula is C17H19ClN2O3S. The van der Waals surface area contributed by atoms with E-state index in [1.165, 1.54) is 0 Å². The van der Waals surface area contributed by atoms with E-state index in [0.717, 1.165) is 29.7 Å². The number of hydrogen-bond acceptors (Lipinski definition) is 4. The van der Waals surface area contributed by atoms with E-state index in [1.54, 1.807) is 13.2 Å². The summed E-state index contributed by atoms with van der Waals surface area (Å²) < 4.78 is 11.0. The molecule has 1 aliphatic carbocycles. The van der Waals surface area contributed by atoms with Crippen LogP contribution in [0.2, 0.25) is 5.02 Å². The molecule has 0 amide bonds. The highest BCUT2D eigenvalue weighted by Crippen LogP contribution is 2.41. The lowest BCUT2D eigenvalue weighted by Crippen LogP contribution is -2.46. The molecule has 1 unspecified atom stereocenters. The molecule has 0 radical (unpaired) electrons. The first kappa shape index (κ1) is 17.0. The van der Waals surface area contributed by atoms with Gasteiger partial charge < -0.3 is 20.1 Å². The quantitative estimate of drug-likeness (QED) is 0.797. The molecule has 0 aromatic heterocycles. The molecule has 0 saturated carbocycles. The Kier molecular flexibility index (Phi) is 4.96. The molecule has 3 rings (SSSR count). The van der Waals surface area contributed by atoms with Crippen molar-refractivity contribution >= 4 is 34.7 Å². The van der Waals surface area contributed by atoms with E-state index >= 15 is 0 Å². The predicted octanol–water partition coefficient (Wildman–Crippen LogP) is 3.27. The number of ketones is 1. The summed E-state index contributed by atoms with van der Waals surface area (Å²) in [5.74, 6) is 1.18. The zero-order valence-corrected chi connectivity index (χ0v) is 15.1. The van der Waals surface area contributed by atoms with Crippen molar-refractivity contribution in [3.05, 3.63) is 34.0 Å². The van der Waals surface area contributed by atoms with Crippen molar-refractivity contribution in [2.24, 2.45) is 0 Å². The fourth-order valence-electron chi connectivity index (χ4n) is 3.15. The van der Waals surface area contributed by atoms with Gasteiger partial charge in [0, 0.05) is 17.7 Å². The van der Waals surface area contributed by atoms with Gasteiger partial charge in [-0.3, -0.25) is 4.79 Å². The number of methoxy groups -OCH3 is 1. The average molecular weight is 367 g/mol. The van der Waals surface area contributed by atoms with Gasteiger partial charge in [-0.05, 0) is 49.7 Å². The van der Waals surface area contributed by atoms with Gasteiger partial charge in [0.15, 0.2) is 22.4 Å². The highest BCUT2D eigenvalue weighted by atomic mass is 35.5. The summed E-state index contributed by atoms with van der Waals surface area (Å²) in [6.45, 7) is 2.37. The molecule has 1 aliphatic heterocycles. The van der Waals surface area contributed by atoms with Gasteiger partial charge in [-0.2, -0.15) is 0 Å². The van der Waals surface area contributed by atoms with Crippen molar-refractivity contribution < 1.29 is 14.3 Å². The topological polar surface area (TPSA) is 59.6 Å². The Hall–Kier alpha value is -1.79. The molecule has 0 fully saturated rings. The summed E-state index contributed by atoms with van der Waals surface area (Å²) >= 11 is 11.7. The Labute approximate surface area is 151 Å². The van der Waals surface area contributed by atoms with Gasteiger partial charge in [-0.15, -0.1) is 0 Å². The second-order valence-electron chi connectivity index (χ2n) is 5.67. The number of hydrogen-bond donors (Lipinski definition) is 2. The van der Waals surface area contributed by atoms with Crippen LogP contribution in [0.4, 0.5) is 0 Å². The number of benzene rings is 1. The molecule has 1 aromatic carbocycles. The number of carbonyl (C=O) groups is 1. The van der Waals surface area contributed by atoms with Gasteiger partial charge in [0.25, 0.3) is 0 Å². The van der Waals surface area contributed by atoms with Crippen molar-refractivity contribution in [1.82, 2.24) is 10.6 Å². The van der Waals surface area contributed by atoms with Crippen LogP contribution >= 0.6 is 23.8 Å². The molecule has 2 aliphatic rings. The Morgan fingerprint density at radius 2 is 2.17 bits per heavy atom. The SMILES string of the molecule is CCOc1c(Cl)cc(C2NC(=S)NC3=C2C(=O)CCC3)cc1OC. The number of halogens is 1. The number of nitrogens with one attached hydrogen (secondary N) is 2. The highest BCUT2D eigenvalue weighted by molar-refractivity contribution is 7.80. The molecule has 1 heterocycles. The van der Waals surface area contributed by atoms with Crippen molar-refractivity contribution in [1.29, 1.82) is 0 Å². The number of ether oxygens (including phenoxy) is 2. The minimum Gasteiger partial charge on any atom is -0.493 e. The minimum atomic E-state index is -0.330. The smallest absolute Gasteiger partial charge is 0.179 e. The molecule has 0 saturated heterocycles. The number of thiocarbonyl (C=S) groups is 1. The fourth-order valence-corrected chi connectivity index (χ4v) is 3.66. The maximum absolute atomic E-state index is 12.5. The van der Waals surface area contributed by atoms with E-state index in [4.69, 9.17) is 33.3 Å². The Morgan fingerprint density at radius 3 is 2.88 bits per heavy atom. The fraction of sp³-hybridized carbons (Fsp3) is 0.412. The maximum atomic E-state index is 12.5. The van der Waals surface area contributed by atoms with Crippen molar-refractivity contribution in [2.75, 3.05) is 13.7 Å². The van der Waals surface area contributed by atoms with Gasteiger partial charge in [-0.1, -0.05) is 11.6 Å². The van der Waals surface area contributed by atoms with Gasteiger partial charge >= 0.3 is 0 Å². The van der Waals surface area contributed by atoms with E-state index in [-0.39, 0.29) is 11.8 Å². The summed E-state index contributed by atoms with van der Waals surface area (Å²) in [7, 11) is 1.56. The average Bonchev–Trinajstić information content (AvgIpc) is 2.55. The molecule has 5 nitrogen and oxygen atoms in total. The molecule has 7 heteroatoms. The van der Waals surface area contributed by atoms with Crippen molar-refractivity contribution in [2.45, 2.75) is 32.2 Å². The summed E-state index contributed by atoms with van der Waals surface area (Å²) in [4.78, 5) is 12.5. The van der Waals surface area contributed by atoms with Crippen LogP contribution in [0, 0.1) is 0 Å². The van der Waals surface area contributed by atoms with Gasteiger partial charge in [0.1, 0.15) is 0 Å². The van der Waals surface area contributed by atoms with Crippen LogP contribution in [0.5, 0.6) is 11.5 Å². The standard InChI is InChI=1S/C17H19ClN2O3S/c1-3-23-16-10(18)7-9(8-13(16)22-2)15-14-11(19-17(24)20-15)5-4-6-12(14)21/h7-8,15H,3-6H2,1-2H3,(H2,19,20,24). The van der Waals surface area contributed by atoms with Crippen LogP contribution in [0.25, 0.3) is 0 Å². The van der Waals surface area contributed by atoms with E-state index in [0.29, 0.717) is 34.7 Å². The third-order valence-electron chi connectivity index (χ3n) is 4.16. The summed E-state index contributed by atoms with van der Waals surface area (Å²) in [5.41, 5.74) is 2.47. The number of carbonyl (C=O) groups excluding carboxylic acids is 1. The monoisotopic (exact) mass is 366 g/mol. The van der Waals surface area contributed by atoms with Crippen molar-refractivity contribution in [3.63, 3.8) is 0 Å². The number of Topliss-reactive ketones (excluding diaryl/α,β-unsaturated/α-hetero) is 1. The first-order chi connectivity index (χ1) is 11.5. The second-order valence-corrected chi connectivity index (χ2v) is 6.48. The van der Waals surface area contributed by atoms with E-state index in [2.05, 4.69) is 10.6 Å². The molecule has 0 spiro atoms. The molecular weight excluding hydrogens is 348 g/mol. The zero-order valence-electron chi connectivity index (χ0n) is 13.6. The molecule has 24 heavy (non-hydrogen) atoms. The maximum Gasteiger partial charge on any atom is 0.179 e. The molecule has 2 N–H and O–H groups in total. The van der Waals surface area contributed by atoms with Gasteiger partial charge in [0.2, 0.25) is 0 Å². The van der Waals surface area contributed by atoms with Gasteiger partial charge in [0.05, 0.1) is 24.8 Å². The van der Waals surface area contributed by atoms with Gasteiger partial charge in [-0.25, -0.2) is 0 Å². The second kappa shape index (κ2) is 6.99. The molecule has 128 valence electrons.